The van der Waals surface area contributed by atoms with Gasteiger partial charge in [-0.3, -0.25) is 19.4 Å². The number of aliphatic carboxylic acids is 2. The molecule has 1 amide bonds. The first kappa shape index (κ1) is 21.2. The van der Waals surface area contributed by atoms with Crippen LogP contribution in [-0.4, -0.2) is 49.1 Å². The molecule has 1 aromatic carbocycles. The van der Waals surface area contributed by atoms with Gasteiger partial charge in [0, 0.05) is 18.2 Å². The summed E-state index contributed by atoms with van der Waals surface area (Å²) in [5.74, 6) is -3.20. The number of hydrogen-bond acceptors (Lipinski definition) is 8. The summed E-state index contributed by atoms with van der Waals surface area (Å²) in [5.41, 5.74) is 6.04. The molecule has 1 atom stereocenters. The largest absolute Gasteiger partial charge is 0.481 e. The molecule has 2 aromatic heterocycles. The number of H-pyrrole nitrogens is 2. The number of carboxylic acids is 2. The highest BCUT2D eigenvalue weighted by Crippen LogP contribution is 2.24. The lowest BCUT2D eigenvalue weighted by molar-refractivity contribution is -0.140. The van der Waals surface area contributed by atoms with Crippen LogP contribution in [0.3, 0.4) is 0 Å². The van der Waals surface area contributed by atoms with E-state index in [1.54, 1.807) is 0 Å². The second-order valence-corrected chi connectivity index (χ2v) is 6.39. The molecule has 13 heteroatoms. The summed E-state index contributed by atoms with van der Waals surface area (Å²) in [6, 6.07) is 4.43. The van der Waals surface area contributed by atoms with Gasteiger partial charge in [-0.25, -0.2) is 4.79 Å². The van der Waals surface area contributed by atoms with Gasteiger partial charge in [0.1, 0.15) is 22.8 Å². The molecule has 0 aliphatic carbocycles. The Morgan fingerprint density at radius 3 is 2.52 bits per heavy atom. The van der Waals surface area contributed by atoms with Crippen molar-refractivity contribution in [3.63, 3.8) is 0 Å². The Kier molecular flexibility index (Phi) is 6.05. The van der Waals surface area contributed by atoms with Crippen molar-refractivity contribution in [1.29, 1.82) is 0 Å². The van der Waals surface area contributed by atoms with Crippen LogP contribution in [0.25, 0.3) is 11.0 Å². The molecule has 0 saturated carbocycles. The highest BCUT2D eigenvalue weighted by atomic mass is 16.4. The molecular weight excluding hydrogens is 410 g/mol. The molecule has 0 aliphatic rings. The van der Waals surface area contributed by atoms with E-state index in [0.717, 1.165) is 0 Å². The number of nitrogens with zero attached hydrogens (tertiary/aromatic N) is 3. The Bertz CT molecular complexity index is 1230. The molecule has 0 aliphatic heterocycles. The molecule has 0 saturated heterocycles. The molecule has 31 heavy (non-hydrogen) atoms. The van der Waals surface area contributed by atoms with E-state index in [1.807, 2.05) is 0 Å². The Hall–Kier alpha value is -4.55. The summed E-state index contributed by atoms with van der Waals surface area (Å²) >= 11 is 0. The second kappa shape index (κ2) is 8.86. The zero-order chi connectivity index (χ0) is 22.5. The van der Waals surface area contributed by atoms with E-state index in [-0.39, 0.29) is 34.7 Å². The smallest absolute Gasteiger partial charge is 0.326 e. The van der Waals surface area contributed by atoms with Gasteiger partial charge in [0.25, 0.3) is 11.5 Å². The number of azo groups is 1. The van der Waals surface area contributed by atoms with E-state index in [1.165, 1.54) is 30.5 Å². The molecule has 3 aromatic rings. The predicted molar refractivity (Wildman–Crippen MR) is 108 cm³/mol. The molecule has 7 N–H and O–H groups in total. The minimum absolute atomic E-state index is 0.0372. The summed E-state index contributed by atoms with van der Waals surface area (Å²) < 4.78 is 0. The monoisotopic (exact) mass is 427 g/mol. The fourth-order valence-electron chi connectivity index (χ4n) is 2.68. The number of anilines is 1. The quantitative estimate of drug-likeness (QED) is 0.287. The number of nitrogen functional groups attached to an aromatic ring is 1. The fourth-order valence-corrected chi connectivity index (χ4v) is 2.68. The van der Waals surface area contributed by atoms with Crippen LogP contribution in [0, 0.1) is 0 Å². The summed E-state index contributed by atoms with van der Waals surface area (Å²) in [4.78, 5) is 55.1. The first-order valence-corrected chi connectivity index (χ1v) is 8.88. The average molecular weight is 427 g/mol. The first-order valence-electron chi connectivity index (χ1n) is 8.88. The predicted octanol–water partition coefficient (Wildman–Crippen LogP) is 1.30. The van der Waals surface area contributed by atoms with Crippen molar-refractivity contribution in [2.75, 3.05) is 5.73 Å². The molecule has 160 valence electrons. The fraction of sp³-hybridized carbons (Fsp3) is 0.167. The van der Waals surface area contributed by atoms with Crippen molar-refractivity contribution >= 4 is 46.2 Å². The molecule has 0 bridgehead atoms. The number of fused-ring (bicyclic) bond motifs is 1. The van der Waals surface area contributed by atoms with Crippen molar-refractivity contribution in [2.45, 2.75) is 18.9 Å². The van der Waals surface area contributed by atoms with Crippen LogP contribution in [0.15, 0.2) is 45.5 Å². The van der Waals surface area contributed by atoms with Gasteiger partial charge in [0.05, 0.1) is 5.69 Å². The normalized spacial score (nSPS) is 12.1. The lowest BCUT2D eigenvalue weighted by atomic mass is 10.1. The van der Waals surface area contributed by atoms with Crippen molar-refractivity contribution in [3.8, 4) is 0 Å². The number of nitrogens with one attached hydrogen (secondary N) is 3. The van der Waals surface area contributed by atoms with Crippen LogP contribution < -0.4 is 16.6 Å². The number of aromatic amines is 2. The summed E-state index contributed by atoms with van der Waals surface area (Å²) in [5, 5.41) is 28.3. The van der Waals surface area contributed by atoms with Gasteiger partial charge in [-0.05, 0) is 30.7 Å². The molecule has 13 nitrogen and oxygen atoms in total. The van der Waals surface area contributed by atoms with Crippen LogP contribution in [0.2, 0.25) is 0 Å². The minimum atomic E-state index is -1.33. The number of amides is 1. The van der Waals surface area contributed by atoms with Gasteiger partial charge in [-0.15, -0.1) is 5.11 Å². The number of hydrogen-bond donors (Lipinski definition) is 6. The second-order valence-electron chi connectivity index (χ2n) is 6.39. The van der Waals surface area contributed by atoms with E-state index in [4.69, 9.17) is 15.9 Å². The van der Waals surface area contributed by atoms with Gasteiger partial charge in [0.15, 0.2) is 0 Å². The summed E-state index contributed by atoms with van der Waals surface area (Å²) in [6.45, 7) is 0. The number of nitrogens with two attached hydrogens (primary N) is 1. The van der Waals surface area contributed by atoms with Crippen LogP contribution in [-0.2, 0) is 9.59 Å². The van der Waals surface area contributed by atoms with Gasteiger partial charge >= 0.3 is 11.9 Å². The molecule has 2 heterocycles. The number of carbonyl (C=O) groups excluding carboxylic acids is 1. The van der Waals surface area contributed by atoms with E-state index in [9.17, 15) is 19.2 Å². The zero-order valence-corrected chi connectivity index (χ0v) is 15.8. The molecule has 0 spiro atoms. The van der Waals surface area contributed by atoms with Crippen molar-refractivity contribution in [2.24, 2.45) is 10.2 Å². The molecular formula is C18H17N7O6. The third kappa shape index (κ3) is 5.09. The number of benzene rings is 1. The molecule has 0 fully saturated rings. The van der Waals surface area contributed by atoms with Gasteiger partial charge in [-0.1, -0.05) is 0 Å². The highest BCUT2D eigenvalue weighted by molar-refractivity contribution is 5.96. The number of carbonyl (C=O) groups is 3. The third-order valence-corrected chi connectivity index (χ3v) is 4.19. The maximum Gasteiger partial charge on any atom is 0.326 e. The van der Waals surface area contributed by atoms with E-state index >= 15 is 0 Å². The van der Waals surface area contributed by atoms with Crippen LogP contribution in [0.4, 0.5) is 17.3 Å². The molecule has 0 radical (unpaired) electrons. The van der Waals surface area contributed by atoms with Crippen LogP contribution in [0.5, 0.6) is 0 Å². The minimum Gasteiger partial charge on any atom is -0.481 e. The lowest BCUT2D eigenvalue weighted by Crippen LogP contribution is -2.41. The number of rotatable bonds is 8. The van der Waals surface area contributed by atoms with Gasteiger partial charge in [0.2, 0.25) is 5.95 Å². The summed E-state index contributed by atoms with van der Waals surface area (Å²) in [7, 11) is 0. The van der Waals surface area contributed by atoms with Gasteiger partial charge in [-0.2, -0.15) is 10.1 Å². The average Bonchev–Trinajstić information content (AvgIpc) is 3.12. The summed E-state index contributed by atoms with van der Waals surface area (Å²) in [6.07, 6.45) is 0.809. The maximum atomic E-state index is 12.2. The first-order chi connectivity index (χ1) is 14.7. The zero-order valence-electron chi connectivity index (χ0n) is 15.8. The van der Waals surface area contributed by atoms with Gasteiger partial charge < -0.3 is 26.2 Å². The van der Waals surface area contributed by atoms with Crippen molar-refractivity contribution in [1.82, 2.24) is 20.3 Å². The Morgan fingerprint density at radius 1 is 1.16 bits per heavy atom. The molecule has 0 unspecified atom stereocenters. The number of carboxylic acid groups (broad SMARTS) is 2. The van der Waals surface area contributed by atoms with E-state index in [2.05, 4.69) is 30.5 Å². The Balaban J connectivity index is 1.71. The highest BCUT2D eigenvalue weighted by Gasteiger charge is 2.21. The third-order valence-electron chi connectivity index (χ3n) is 4.19. The van der Waals surface area contributed by atoms with E-state index < -0.39 is 35.9 Å². The van der Waals surface area contributed by atoms with Crippen LogP contribution in [0.1, 0.15) is 23.2 Å². The number of aromatic nitrogens is 3. The lowest BCUT2D eigenvalue weighted by Gasteiger charge is -2.13. The maximum absolute atomic E-state index is 12.2. The molecule has 3 rings (SSSR count). The SMILES string of the molecule is Nc1nc2[nH]cc(N=Nc3ccc(C(=O)N[C@@H](CCC(=O)O)C(=O)O)cc3)c2c(=O)[nH]1. The van der Waals surface area contributed by atoms with Crippen molar-refractivity contribution < 1.29 is 24.6 Å². The van der Waals surface area contributed by atoms with Crippen molar-refractivity contribution in [3.05, 3.63) is 46.4 Å². The standard InChI is InChI=1S/C18H17N7O6/c19-18-22-14-13(16(29)23-18)11(7-20-14)25-24-9-3-1-8(2-4-9)15(28)21-10(17(30)31)5-6-12(26)27/h1-4,7,10H,5-6H2,(H,21,28)(H,26,27)(H,30,31)(H4,19,20,22,23,29)/t10-/m0/s1. The van der Waals surface area contributed by atoms with Crippen LogP contribution >= 0.6 is 0 Å². The Labute approximate surface area is 173 Å². The van der Waals surface area contributed by atoms with E-state index in [0.29, 0.717) is 5.69 Å². The topological polar surface area (TPSA) is 216 Å². The Morgan fingerprint density at radius 2 is 1.87 bits per heavy atom.